The Labute approximate surface area is 152 Å². The highest BCUT2D eigenvalue weighted by atomic mass is 32.2. The molecule has 128 valence electrons. The third kappa shape index (κ3) is 4.41. The minimum absolute atomic E-state index is 0.188. The quantitative estimate of drug-likeness (QED) is 0.706. The van der Waals surface area contributed by atoms with Gasteiger partial charge in [0, 0.05) is 10.9 Å². The lowest BCUT2D eigenvalue weighted by molar-refractivity contribution is 0.164. The number of hydrogen-bond acceptors (Lipinski definition) is 5. The van der Waals surface area contributed by atoms with Gasteiger partial charge in [-0.15, -0.1) is 23.1 Å². The van der Waals surface area contributed by atoms with Crippen LogP contribution in [0.2, 0.25) is 0 Å². The molecule has 2 unspecified atom stereocenters. The van der Waals surface area contributed by atoms with E-state index in [0.717, 1.165) is 18.1 Å². The van der Waals surface area contributed by atoms with Crippen LogP contribution in [0.25, 0.3) is 6.08 Å². The molecule has 2 N–H and O–H groups in total. The van der Waals surface area contributed by atoms with Gasteiger partial charge in [-0.05, 0) is 36.1 Å². The van der Waals surface area contributed by atoms with Crippen molar-refractivity contribution in [1.82, 2.24) is 5.32 Å². The number of fused-ring (bicyclic) bond motifs is 1. The maximum absolute atomic E-state index is 10.0. The zero-order valence-corrected chi connectivity index (χ0v) is 15.6. The molecule has 0 amide bonds. The van der Waals surface area contributed by atoms with Crippen molar-refractivity contribution < 1.29 is 5.11 Å². The molecule has 0 bridgehead atoms. The van der Waals surface area contributed by atoms with Gasteiger partial charge < -0.3 is 10.4 Å². The Hall–Kier alpha value is -1.30. The van der Waals surface area contributed by atoms with E-state index in [1.165, 1.54) is 28.2 Å². The molecule has 1 aliphatic heterocycles. The van der Waals surface area contributed by atoms with Gasteiger partial charge in [-0.1, -0.05) is 43.9 Å². The maximum Gasteiger partial charge on any atom is 0.140 e. The number of thiophene rings is 1. The molecule has 0 saturated heterocycles. The van der Waals surface area contributed by atoms with Crippen molar-refractivity contribution in [3.05, 3.63) is 46.7 Å². The second-order valence-electron chi connectivity index (χ2n) is 6.27. The first-order valence-corrected chi connectivity index (χ1v) is 10.2. The first kappa shape index (κ1) is 17.5. The second-order valence-corrected chi connectivity index (χ2v) is 8.11. The minimum Gasteiger partial charge on any atom is -0.389 e. The first-order chi connectivity index (χ1) is 11.7. The third-order valence-electron chi connectivity index (χ3n) is 4.17. The van der Waals surface area contributed by atoms with E-state index < -0.39 is 6.10 Å². The molecule has 1 fully saturated rings. The largest absolute Gasteiger partial charge is 0.389 e. The van der Waals surface area contributed by atoms with Gasteiger partial charge in [0.05, 0.1) is 16.9 Å². The average molecular weight is 361 g/mol. The van der Waals surface area contributed by atoms with Crippen molar-refractivity contribution in [3.63, 3.8) is 0 Å². The van der Waals surface area contributed by atoms with Crippen molar-refractivity contribution in [2.75, 3.05) is 5.88 Å². The van der Waals surface area contributed by atoms with Crippen LogP contribution in [0.1, 0.15) is 36.6 Å². The third-order valence-corrected chi connectivity index (χ3v) is 6.29. The molecule has 5 heteroatoms. The van der Waals surface area contributed by atoms with Crippen LogP contribution in [-0.4, -0.2) is 29.0 Å². The van der Waals surface area contributed by atoms with Gasteiger partial charge in [0.15, 0.2) is 0 Å². The molecule has 0 spiro atoms. The number of aliphatic hydroxyl groups is 1. The molecule has 0 aromatic carbocycles. The van der Waals surface area contributed by atoms with E-state index in [0.29, 0.717) is 6.04 Å². The minimum atomic E-state index is -0.431. The van der Waals surface area contributed by atoms with Crippen LogP contribution in [0.15, 0.2) is 46.2 Å². The first-order valence-electron chi connectivity index (χ1n) is 8.38. The number of rotatable bonds is 7. The van der Waals surface area contributed by atoms with Gasteiger partial charge in [0.25, 0.3) is 0 Å². The lowest BCUT2D eigenvalue weighted by atomic mass is 10.00. The molecule has 1 aromatic heterocycles. The normalized spacial score (nSPS) is 20.0. The van der Waals surface area contributed by atoms with E-state index in [1.54, 1.807) is 29.6 Å². The number of nitrogens with one attached hydrogen (secondary N) is 1. The SMILES string of the molecule is C=C/C=C\C(O)C(C)CC=Cc1csc2c1SCN=C2NC1CC1. The van der Waals surface area contributed by atoms with Gasteiger partial charge in [-0.3, -0.25) is 4.99 Å². The van der Waals surface area contributed by atoms with Crippen LogP contribution in [-0.2, 0) is 0 Å². The standard InChI is InChI=1S/C19H24N2OS2/c1-3-4-8-16(22)13(2)6-5-7-14-11-23-18-17(14)24-12-20-19(18)21-15-9-10-15/h3-5,7-8,11,13,15-16,22H,1,6,9-10,12H2,2H3,(H,20,21)/b7-5?,8-4-. The average Bonchev–Trinajstić information content (AvgIpc) is 3.31. The zero-order chi connectivity index (χ0) is 16.9. The number of thioether (sulfide) groups is 1. The Morgan fingerprint density at radius 3 is 3.08 bits per heavy atom. The molecular weight excluding hydrogens is 336 g/mol. The Morgan fingerprint density at radius 1 is 1.50 bits per heavy atom. The van der Waals surface area contributed by atoms with E-state index in [-0.39, 0.29) is 5.92 Å². The Bertz CT molecular complexity index is 671. The molecule has 2 aliphatic rings. The summed E-state index contributed by atoms with van der Waals surface area (Å²) in [5, 5.41) is 15.8. The summed E-state index contributed by atoms with van der Waals surface area (Å²) in [4.78, 5) is 7.25. The fraction of sp³-hybridized carbons (Fsp3) is 0.421. The summed E-state index contributed by atoms with van der Waals surface area (Å²) in [6.07, 6.45) is 12.6. The fourth-order valence-corrected chi connectivity index (χ4v) is 4.63. The summed E-state index contributed by atoms with van der Waals surface area (Å²) < 4.78 is 0. The van der Waals surface area contributed by atoms with Crippen molar-refractivity contribution in [1.29, 1.82) is 0 Å². The highest BCUT2D eigenvalue weighted by molar-refractivity contribution is 7.99. The van der Waals surface area contributed by atoms with E-state index in [4.69, 9.17) is 0 Å². The number of aliphatic imine (C=N–C) groups is 1. The van der Waals surface area contributed by atoms with Crippen LogP contribution < -0.4 is 5.32 Å². The lowest BCUT2D eigenvalue weighted by Gasteiger charge is -2.15. The predicted octanol–water partition coefficient (Wildman–Crippen LogP) is 4.45. The van der Waals surface area contributed by atoms with Gasteiger partial charge in [0.1, 0.15) is 5.84 Å². The van der Waals surface area contributed by atoms with E-state index in [1.807, 2.05) is 11.8 Å². The maximum atomic E-state index is 10.0. The number of aliphatic hydroxyl groups excluding tert-OH is 1. The van der Waals surface area contributed by atoms with Crippen LogP contribution in [0, 0.1) is 5.92 Å². The van der Waals surface area contributed by atoms with Crippen molar-refractivity contribution in [2.45, 2.75) is 43.2 Å². The van der Waals surface area contributed by atoms with E-state index in [2.05, 4.69) is 41.3 Å². The molecule has 1 saturated carbocycles. The number of allylic oxidation sites excluding steroid dienone is 3. The zero-order valence-electron chi connectivity index (χ0n) is 13.9. The molecule has 1 aliphatic carbocycles. The summed E-state index contributed by atoms with van der Waals surface area (Å²) >= 11 is 3.58. The summed E-state index contributed by atoms with van der Waals surface area (Å²) in [6, 6.07) is 0.631. The topological polar surface area (TPSA) is 44.6 Å². The fourth-order valence-electron chi connectivity index (χ4n) is 2.48. The molecule has 3 rings (SSSR count). The molecule has 24 heavy (non-hydrogen) atoms. The van der Waals surface area contributed by atoms with Gasteiger partial charge >= 0.3 is 0 Å². The lowest BCUT2D eigenvalue weighted by Crippen LogP contribution is -2.27. The van der Waals surface area contributed by atoms with E-state index >= 15 is 0 Å². The molecule has 0 radical (unpaired) electrons. The van der Waals surface area contributed by atoms with Gasteiger partial charge in [0.2, 0.25) is 0 Å². The summed E-state index contributed by atoms with van der Waals surface area (Å²) in [6.45, 7) is 5.69. The highest BCUT2D eigenvalue weighted by Crippen LogP contribution is 2.37. The Morgan fingerprint density at radius 2 is 2.33 bits per heavy atom. The van der Waals surface area contributed by atoms with Crippen LogP contribution in [0.5, 0.6) is 0 Å². The molecule has 2 heterocycles. The van der Waals surface area contributed by atoms with Crippen molar-refractivity contribution >= 4 is 35.0 Å². The molecular formula is C19H24N2OS2. The monoisotopic (exact) mass is 360 g/mol. The van der Waals surface area contributed by atoms with E-state index in [9.17, 15) is 5.11 Å². The van der Waals surface area contributed by atoms with Crippen molar-refractivity contribution in [2.24, 2.45) is 10.9 Å². The molecule has 1 aromatic rings. The summed E-state index contributed by atoms with van der Waals surface area (Å²) in [7, 11) is 0. The smallest absolute Gasteiger partial charge is 0.140 e. The van der Waals surface area contributed by atoms with Crippen LogP contribution in [0.4, 0.5) is 0 Å². The Kier molecular flexibility index (Phi) is 5.98. The number of nitrogens with zero attached hydrogens (tertiary/aromatic N) is 1. The van der Waals surface area contributed by atoms with Crippen LogP contribution in [0.3, 0.4) is 0 Å². The Balaban J connectivity index is 1.62. The predicted molar refractivity (Wildman–Crippen MR) is 106 cm³/mol. The van der Waals surface area contributed by atoms with Gasteiger partial charge in [-0.25, -0.2) is 0 Å². The number of hydrogen-bond donors (Lipinski definition) is 2. The summed E-state index contributed by atoms with van der Waals surface area (Å²) in [5.74, 6) is 2.06. The van der Waals surface area contributed by atoms with Crippen LogP contribution >= 0.6 is 23.1 Å². The van der Waals surface area contributed by atoms with Gasteiger partial charge in [-0.2, -0.15) is 0 Å². The second kappa shape index (κ2) is 8.19. The molecule has 2 atom stereocenters. The number of amidine groups is 1. The summed E-state index contributed by atoms with van der Waals surface area (Å²) in [5.41, 5.74) is 1.27. The highest BCUT2D eigenvalue weighted by Gasteiger charge is 2.26. The molecule has 3 nitrogen and oxygen atoms in total. The van der Waals surface area contributed by atoms with Crippen molar-refractivity contribution in [3.8, 4) is 0 Å².